The normalized spacial score (nSPS) is 17.4. The Morgan fingerprint density at radius 3 is 2.02 bits per heavy atom. The fourth-order valence-corrected chi connectivity index (χ4v) is 6.62. The summed E-state index contributed by atoms with van der Waals surface area (Å²) in [5.74, 6) is 0.716. The molecule has 0 spiro atoms. The van der Waals surface area contributed by atoms with Crippen molar-refractivity contribution >= 4 is 27.9 Å². The van der Waals surface area contributed by atoms with Gasteiger partial charge in [-0.05, 0) is 54.7 Å². The van der Waals surface area contributed by atoms with Crippen molar-refractivity contribution in [2.45, 2.75) is 107 Å². The van der Waals surface area contributed by atoms with Crippen LogP contribution in [0.15, 0.2) is 109 Å². The number of hydrogen-bond acceptors (Lipinski definition) is 1. The summed E-state index contributed by atoms with van der Waals surface area (Å²) in [6.45, 7) is 27.1. The van der Waals surface area contributed by atoms with Crippen LogP contribution in [0.25, 0.3) is 10.8 Å². The minimum absolute atomic E-state index is 0.00189. The lowest BCUT2D eigenvalue weighted by atomic mass is 9.81. The molecule has 0 aliphatic carbocycles. The van der Waals surface area contributed by atoms with E-state index in [9.17, 15) is 0 Å². The lowest BCUT2D eigenvalue weighted by Crippen LogP contribution is -2.27. The standard InChI is InChI=1S/C38H45N2.3C2H6/c1-8-28(2)26-27-40-33-25-24-29-18-14-15-19-30(29)36(33)38(5,6)35(40)23-13-11-9-10-12-22-34-37(3,4)31-20-16-17-21-32(31)39(34)7;3*1-2/h9-25,28H,8,26-27H2,1-7H3;3*1-2H3/q+1;;;. The molecule has 1 atom stereocenters. The molecule has 2 aliphatic heterocycles. The lowest BCUT2D eigenvalue weighted by Gasteiger charge is -2.28. The number of nitrogens with zero attached hydrogens (tertiary/aromatic N) is 2. The summed E-state index contributed by atoms with van der Waals surface area (Å²) < 4.78 is 2.32. The van der Waals surface area contributed by atoms with Gasteiger partial charge in [0.2, 0.25) is 5.69 Å². The zero-order valence-electron chi connectivity index (χ0n) is 31.4. The molecule has 3 aromatic rings. The molecule has 2 heterocycles. The summed E-state index contributed by atoms with van der Waals surface area (Å²) in [6, 6.07) is 22.2. The van der Waals surface area contributed by atoms with Gasteiger partial charge in [0.1, 0.15) is 7.05 Å². The van der Waals surface area contributed by atoms with Crippen molar-refractivity contribution in [3.05, 3.63) is 120 Å². The van der Waals surface area contributed by atoms with Gasteiger partial charge in [-0.3, -0.25) is 0 Å². The van der Waals surface area contributed by atoms with Crippen molar-refractivity contribution in [1.82, 2.24) is 0 Å². The summed E-state index contributed by atoms with van der Waals surface area (Å²) in [6.07, 6.45) is 17.8. The number of benzene rings is 3. The van der Waals surface area contributed by atoms with E-state index in [-0.39, 0.29) is 10.8 Å². The maximum atomic E-state index is 2.58. The number of allylic oxidation sites excluding steroid dienone is 8. The van der Waals surface area contributed by atoms with E-state index >= 15 is 0 Å². The van der Waals surface area contributed by atoms with Crippen LogP contribution in [-0.4, -0.2) is 23.9 Å². The Kier molecular flexibility index (Phi) is 15.0. The summed E-state index contributed by atoms with van der Waals surface area (Å²) in [5.41, 5.74) is 8.14. The first-order chi connectivity index (χ1) is 22.2. The summed E-state index contributed by atoms with van der Waals surface area (Å²) >= 11 is 0. The third-order valence-corrected chi connectivity index (χ3v) is 9.19. The molecule has 0 bridgehead atoms. The van der Waals surface area contributed by atoms with Crippen LogP contribution in [0.2, 0.25) is 0 Å². The quantitative estimate of drug-likeness (QED) is 0.180. The summed E-state index contributed by atoms with van der Waals surface area (Å²) in [7, 11) is 2.17. The predicted octanol–water partition coefficient (Wildman–Crippen LogP) is 12.7. The number of rotatable bonds is 8. The van der Waals surface area contributed by atoms with Crippen LogP contribution in [0.3, 0.4) is 0 Å². The van der Waals surface area contributed by atoms with Crippen LogP contribution in [0.4, 0.5) is 11.4 Å². The van der Waals surface area contributed by atoms with Crippen LogP contribution in [-0.2, 0) is 10.8 Å². The van der Waals surface area contributed by atoms with Gasteiger partial charge in [-0.25, -0.2) is 0 Å². The van der Waals surface area contributed by atoms with Crippen LogP contribution in [0, 0.1) is 5.92 Å². The SMILES string of the molecule is CC.CC.CC.CCC(C)CCN1/C(=C/C=C/C=C/C=C/C2=[N+](C)c3ccccc3C2(C)C)C(C)(C)c2c1ccc1ccccc21. The number of anilines is 1. The lowest BCUT2D eigenvalue weighted by molar-refractivity contribution is -0.401. The zero-order chi connectivity index (χ0) is 34.5. The highest BCUT2D eigenvalue weighted by Crippen LogP contribution is 2.51. The van der Waals surface area contributed by atoms with E-state index in [1.165, 1.54) is 57.5 Å². The molecule has 0 amide bonds. The van der Waals surface area contributed by atoms with Crippen LogP contribution >= 0.6 is 0 Å². The Hall–Kier alpha value is -3.65. The van der Waals surface area contributed by atoms with E-state index < -0.39 is 0 Å². The van der Waals surface area contributed by atoms with Gasteiger partial charge in [0.05, 0.1) is 5.41 Å². The first kappa shape index (κ1) is 38.5. The molecule has 1 unspecified atom stereocenters. The Bertz CT molecular complexity index is 1560. The topological polar surface area (TPSA) is 6.25 Å². The average Bonchev–Trinajstić information content (AvgIpc) is 3.43. The van der Waals surface area contributed by atoms with Crippen molar-refractivity contribution in [2.75, 3.05) is 18.5 Å². The Morgan fingerprint density at radius 2 is 1.35 bits per heavy atom. The van der Waals surface area contributed by atoms with Crippen LogP contribution in [0.1, 0.15) is 107 Å². The molecule has 2 heteroatoms. The molecule has 46 heavy (non-hydrogen) atoms. The van der Waals surface area contributed by atoms with Crippen LogP contribution < -0.4 is 4.90 Å². The molecule has 0 saturated carbocycles. The zero-order valence-corrected chi connectivity index (χ0v) is 31.4. The molecule has 248 valence electrons. The third kappa shape index (κ3) is 8.00. The number of hydrogen-bond donors (Lipinski definition) is 0. The largest absolute Gasteiger partial charge is 0.344 e. The first-order valence-electron chi connectivity index (χ1n) is 17.9. The minimum atomic E-state index is -0.0656. The van der Waals surface area contributed by atoms with Gasteiger partial charge in [0.15, 0.2) is 5.71 Å². The van der Waals surface area contributed by atoms with Crippen molar-refractivity contribution in [2.24, 2.45) is 5.92 Å². The van der Waals surface area contributed by atoms with Gasteiger partial charge in [0, 0.05) is 41.1 Å². The summed E-state index contributed by atoms with van der Waals surface area (Å²) in [5, 5.41) is 2.69. The van der Waals surface area contributed by atoms with Crippen molar-refractivity contribution in [1.29, 1.82) is 0 Å². The fourth-order valence-electron chi connectivity index (χ4n) is 6.62. The van der Waals surface area contributed by atoms with Gasteiger partial charge in [0.25, 0.3) is 0 Å². The molecule has 0 saturated heterocycles. The molecular formula is C44H63N2+. The van der Waals surface area contributed by atoms with Gasteiger partial charge in [-0.15, -0.1) is 0 Å². The van der Waals surface area contributed by atoms with Gasteiger partial charge in [-0.1, -0.05) is 155 Å². The predicted molar refractivity (Wildman–Crippen MR) is 208 cm³/mol. The fraction of sp³-hybridized carbons (Fsp3) is 0.432. The third-order valence-electron chi connectivity index (χ3n) is 9.19. The Morgan fingerprint density at radius 1 is 0.739 bits per heavy atom. The second kappa shape index (κ2) is 17.9. The maximum Gasteiger partial charge on any atom is 0.209 e. The van der Waals surface area contributed by atoms with Crippen LogP contribution in [0.5, 0.6) is 0 Å². The first-order valence-corrected chi connectivity index (χ1v) is 17.9. The van der Waals surface area contributed by atoms with Gasteiger partial charge < -0.3 is 4.90 Å². The smallest absolute Gasteiger partial charge is 0.209 e. The van der Waals surface area contributed by atoms with E-state index in [1.807, 2.05) is 41.5 Å². The molecule has 5 rings (SSSR count). The molecule has 3 aromatic carbocycles. The van der Waals surface area contributed by atoms with E-state index in [2.05, 4.69) is 161 Å². The molecular weight excluding hydrogens is 556 g/mol. The Balaban J connectivity index is 0.00000116. The van der Waals surface area contributed by atoms with Crippen molar-refractivity contribution in [3.63, 3.8) is 0 Å². The minimum Gasteiger partial charge on any atom is -0.344 e. The van der Waals surface area contributed by atoms with E-state index in [1.54, 1.807) is 0 Å². The molecule has 0 aromatic heterocycles. The monoisotopic (exact) mass is 619 g/mol. The molecule has 0 fully saturated rings. The van der Waals surface area contributed by atoms with Gasteiger partial charge >= 0.3 is 0 Å². The second-order valence-electron chi connectivity index (χ2n) is 12.5. The Labute approximate surface area is 283 Å². The van der Waals surface area contributed by atoms with E-state index in [0.29, 0.717) is 5.92 Å². The molecule has 2 aliphatic rings. The van der Waals surface area contributed by atoms with Gasteiger partial charge in [-0.2, -0.15) is 4.58 Å². The number of para-hydroxylation sites is 1. The highest BCUT2D eigenvalue weighted by atomic mass is 15.2. The molecule has 0 N–H and O–H groups in total. The summed E-state index contributed by atoms with van der Waals surface area (Å²) in [4.78, 5) is 2.58. The molecule has 2 nitrogen and oxygen atoms in total. The average molecular weight is 620 g/mol. The maximum absolute atomic E-state index is 2.58. The van der Waals surface area contributed by atoms with E-state index in [0.717, 1.165) is 6.54 Å². The number of fused-ring (bicyclic) bond motifs is 4. The van der Waals surface area contributed by atoms with E-state index in [4.69, 9.17) is 0 Å². The van der Waals surface area contributed by atoms with Crippen molar-refractivity contribution in [3.8, 4) is 0 Å². The highest BCUT2D eigenvalue weighted by Gasteiger charge is 2.43. The van der Waals surface area contributed by atoms with Crippen molar-refractivity contribution < 1.29 is 4.58 Å². The second-order valence-corrected chi connectivity index (χ2v) is 12.5. The highest BCUT2D eigenvalue weighted by molar-refractivity contribution is 6.03. The molecule has 0 radical (unpaired) electrons.